The van der Waals surface area contributed by atoms with Gasteiger partial charge in [0.1, 0.15) is 0 Å². The lowest BCUT2D eigenvalue weighted by molar-refractivity contribution is -0.138. The summed E-state index contributed by atoms with van der Waals surface area (Å²) in [5.74, 6) is 0.525. The molecule has 7 nitrogen and oxygen atoms in total. The summed E-state index contributed by atoms with van der Waals surface area (Å²) in [4.78, 5) is 33.5. The molecule has 0 aromatic carbocycles. The van der Waals surface area contributed by atoms with E-state index in [4.69, 9.17) is 0 Å². The molecule has 0 spiro atoms. The number of pyridine rings is 1. The highest BCUT2D eigenvalue weighted by Crippen LogP contribution is 2.29. The fourth-order valence-electron chi connectivity index (χ4n) is 4.27. The van der Waals surface area contributed by atoms with Gasteiger partial charge in [-0.2, -0.15) is 10.2 Å². The first-order chi connectivity index (χ1) is 13.7. The number of carbonyl (C=O) groups excluding carboxylic acids is 2. The monoisotopic (exact) mass is 379 g/mol. The Balaban J connectivity index is 1.34. The lowest BCUT2D eigenvalue weighted by Gasteiger charge is -2.38. The predicted octanol–water partition coefficient (Wildman–Crippen LogP) is 2.13. The average molecular weight is 379 g/mol. The zero-order valence-electron chi connectivity index (χ0n) is 15.9. The second-order valence-electron chi connectivity index (χ2n) is 7.60. The first kappa shape index (κ1) is 18.5. The molecule has 7 heteroatoms. The molecule has 0 bridgehead atoms. The predicted molar refractivity (Wildman–Crippen MR) is 103 cm³/mol. The van der Waals surface area contributed by atoms with Crippen molar-refractivity contribution in [2.24, 2.45) is 5.92 Å². The summed E-state index contributed by atoms with van der Waals surface area (Å²) >= 11 is 0. The minimum absolute atomic E-state index is 0.0104. The average Bonchev–Trinajstić information content (AvgIpc) is 2.79. The van der Waals surface area contributed by atoms with Crippen LogP contribution in [0.2, 0.25) is 0 Å². The van der Waals surface area contributed by atoms with Crippen LogP contribution in [-0.2, 0) is 4.79 Å². The Morgan fingerprint density at radius 1 is 0.893 bits per heavy atom. The van der Waals surface area contributed by atoms with Gasteiger partial charge in [0, 0.05) is 50.3 Å². The van der Waals surface area contributed by atoms with Crippen LogP contribution in [0, 0.1) is 5.92 Å². The summed E-state index contributed by atoms with van der Waals surface area (Å²) in [5, 5.41) is 7.80. The van der Waals surface area contributed by atoms with E-state index in [9.17, 15) is 9.59 Å². The number of hydrogen-bond acceptors (Lipinski definition) is 5. The summed E-state index contributed by atoms with van der Waals surface area (Å²) in [6.07, 6.45) is 10.4. The van der Waals surface area contributed by atoms with Gasteiger partial charge >= 0.3 is 0 Å². The summed E-state index contributed by atoms with van der Waals surface area (Å²) in [7, 11) is 0. The molecule has 146 valence electrons. The van der Waals surface area contributed by atoms with Crippen LogP contribution >= 0.6 is 0 Å². The molecule has 2 amide bonds. The van der Waals surface area contributed by atoms with E-state index in [1.807, 2.05) is 22.1 Å². The second kappa shape index (κ2) is 8.46. The Morgan fingerprint density at radius 3 is 2.39 bits per heavy atom. The van der Waals surface area contributed by atoms with Gasteiger partial charge < -0.3 is 9.80 Å². The number of rotatable bonds is 3. The zero-order valence-corrected chi connectivity index (χ0v) is 15.9. The highest BCUT2D eigenvalue weighted by Gasteiger charge is 2.33. The normalized spacial score (nSPS) is 20.8. The van der Waals surface area contributed by atoms with Crippen molar-refractivity contribution in [1.82, 2.24) is 25.0 Å². The van der Waals surface area contributed by atoms with Crippen molar-refractivity contribution in [3.8, 4) is 0 Å². The van der Waals surface area contributed by atoms with E-state index in [0.717, 1.165) is 38.8 Å². The fourth-order valence-corrected chi connectivity index (χ4v) is 4.27. The first-order valence-electron chi connectivity index (χ1n) is 9.97. The smallest absolute Gasteiger partial charge is 0.253 e. The molecule has 4 rings (SSSR count). The van der Waals surface area contributed by atoms with Crippen molar-refractivity contribution in [2.45, 2.75) is 31.6 Å². The van der Waals surface area contributed by atoms with Gasteiger partial charge in [-0.3, -0.25) is 14.6 Å². The topological polar surface area (TPSA) is 79.3 Å². The molecule has 1 atom stereocenters. The maximum absolute atomic E-state index is 13.1. The van der Waals surface area contributed by atoms with Crippen LogP contribution in [0.1, 0.15) is 47.5 Å². The van der Waals surface area contributed by atoms with Crippen LogP contribution in [0.3, 0.4) is 0 Å². The Kier molecular flexibility index (Phi) is 5.60. The molecule has 2 aliphatic rings. The number of likely N-dealkylation sites (tertiary alicyclic amines) is 2. The van der Waals surface area contributed by atoms with Crippen molar-refractivity contribution in [2.75, 3.05) is 26.2 Å². The van der Waals surface area contributed by atoms with Gasteiger partial charge in [-0.15, -0.1) is 0 Å². The summed E-state index contributed by atoms with van der Waals surface area (Å²) in [5.41, 5.74) is 1.84. The van der Waals surface area contributed by atoms with Gasteiger partial charge in [0.05, 0.1) is 12.1 Å². The number of nitrogens with zero attached hydrogens (tertiary/aromatic N) is 5. The van der Waals surface area contributed by atoms with Crippen molar-refractivity contribution >= 4 is 11.8 Å². The molecular formula is C21H25N5O2. The molecule has 28 heavy (non-hydrogen) atoms. The van der Waals surface area contributed by atoms with Crippen molar-refractivity contribution in [3.63, 3.8) is 0 Å². The maximum Gasteiger partial charge on any atom is 0.253 e. The van der Waals surface area contributed by atoms with Crippen molar-refractivity contribution in [1.29, 1.82) is 0 Å². The van der Waals surface area contributed by atoms with Crippen LogP contribution < -0.4 is 0 Å². The van der Waals surface area contributed by atoms with Gasteiger partial charge in [0.15, 0.2) is 0 Å². The van der Waals surface area contributed by atoms with E-state index in [-0.39, 0.29) is 17.7 Å². The summed E-state index contributed by atoms with van der Waals surface area (Å²) in [6.45, 7) is 2.75. The molecule has 4 heterocycles. The lowest BCUT2D eigenvalue weighted by Crippen LogP contribution is -2.48. The standard InChI is InChI=1S/C21H25N5O2/c27-20(17-3-8-22-9-4-17)26-11-1-2-19(15-26)21(28)25-12-6-16(7-13-25)18-5-10-23-24-14-18/h3-5,8-10,14,16,19H,1-2,6-7,11-13,15H2. The quantitative estimate of drug-likeness (QED) is 0.816. The van der Waals surface area contributed by atoms with Gasteiger partial charge in [-0.25, -0.2) is 0 Å². The lowest BCUT2D eigenvalue weighted by atomic mass is 9.89. The molecular weight excluding hydrogens is 354 g/mol. The minimum atomic E-state index is -0.0984. The molecule has 0 radical (unpaired) electrons. The molecule has 0 N–H and O–H groups in total. The van der Waals surface area contributed by atoms with Crippen LogP contribution in [0.15, 0.2) is 43.0 Å². The van der Waals surface area contributed by atoms with Gasteiger partial charge in [-0.1, -0.05) is 0 Å². The number of hydrogen-bond donors (Lipinski definition) is 0. The Hall–Kier alpha value is -2.83. The highest BCUT2D eigenvalue weighted by molar-refractivity contribution is 5.94. The van der Waals surface area contributed by atoms with Crippen LogP contribution in [0.5, 0.6) is 0 Å². The van der Waals surface area contributed by atoms with Gasteiger partial charge in [-0.05, 0) is 55.4 Å². The largest absolute Gasteiger partial charge is 0.342 e. The van der Waals surface area contributed by atoms with Crippen LogP contribution in [0.25, 0.3) is 0 Å². The van der Waals surface area contributed by atoms with Crippen molar-refractivity contribution < 1.29 is 9.59 Å². The summed E-state index contributed by atoms with van der Waals surface area (Å²) in [6, 6.07) is 5.47. The van der Waals surface area contributed by atoms with Gasteiger partial charge in [0.2, 0.25) is 5.91 Å². The Morgan fingerprint density at radius 2 is 1.68 bits per heavy atom. The van der Waals surface area contributed by atoms with Crippen LogP contribution in [0.4, 0.5) is 0 Å². The molecule has 2 aromatic heterocycles. The molecule has 0 saturated carbocycles. The third-order valence-corrected chi connectivity index (χ3v) is 5.87. The Bertz CT molecular complexity index is 806. The molecule has 2 aromatic rings. The summed E-state index contributed by atoms with van der Waals surface area (Å²) < 4.78 is 0. The van der Waals surface area contributed by atoms with E-state index >= 15 is 0 Å². The third kappa shape index (κ3) is 4.03. The highest BCUT2D eigenvalue weighted by atomic mass is 16.2. The molecule has 2 fully saturated rings. The number of aromatic nitrogens is 3. The Labute approximate surface area is 164 Å². The first-order valence-corrected chi connectivity index (χ1v) is 9.97. The minimum Gasteiger partial charge on any atom is -0.342 e. The molecule has 0 aliphatic carbocycles. The van der Waals surface area contributed by atoms with E-state index in [2.05, 4.69) is 15.2 Å². The van der Waals surface area contributed by atoms with E-state index in [1.54, 1.807) is 30.7 Å². The molecule has 1 unspecified atom stereocenters. The molecule has 2 saturated heterocycles. The van der Waals surface area contributed by atoms with E-state index in [1.165, 1.54) is 5.56 Å². The maximum atomic E-state index is 13.1. The molecule has 2 aliphatic heterocycles. The van der Waals surface area contributed by atoms with Crippen molar-refractivity contribution in [3.05, 3.63) is 54.1 Å². The zero-order chi connectivity index (χ0) is 19.3. The second-order valence-corrected chi connectivity index (χ2v) is 7.60. The van der Waals surface area contributed by atoms with E-state index < -0.39 is 0 Å². The number of amides is 2. The third-order valence-electron chi connectivity index (χ3n) is 5.87. The number of carbonyl (C=O) groups is 2. The van der Waals surface area contributed by atoms with E-state index in [0.29, 0.717) is 24.6 Å². The fraction of sp³-hybridized carbons (Fsp3) is 0.476. The number of piperidine rings is 2. The van der Waals surface area contributed by atoms with Gasteiger partial charge in [0.25, 0.3) is 5.91 Å². The van der Waals surface area contributed by atoms with Crippen LogP contribution in [-0.4, -0.2) is 63.0 Å². The SMILES string of the molecule is O=C(c1ccncc1)N1CCCC(C(=O)N2CCC(c3ccnnc3)CC2)C1.